The van der Waals surface area contributed by atoms with E-state index in [1.54, 1.807) is 0 Å². The molecule has 11 heavy (non-hydrogen) atoms. The van der Waals surface area contributed by atoms with Crippen molar-refractivity contribution in [1.29, 1.82) is 0 Å². The maximum Gasteiger partial charge on any atom is 0.0597 e. The first kappa shape index (κ1) is 9.05. The third-order valence-corrected chi connectivity index (χ3v) is 2.42. The average Bonchev–Trinajstić information content (AvgIpc) is 1.93. The lowest BCUT2D eigenvalue weighted by Gasteiger charge is -2.26. The molecule has 1 nitrogen and oxygen atoms in total. The Morgan fingerprint density at radius 1 is 1.18 bits per heavy atom. The molecule has 66 valence electrons. The zero-order valence-corrected chi connectivity index (χ0v) is 7.64. The molecule has 1 atom stereocenters. The minimum absolute atomic E-state index is 0.636. The van der Waals surface area contributed by atoms with Crippen LogP contribution in [0.2, 0.25) is 0 Å². The van der Waals surface area contributed by atoms with E-state index in [0.717, 1.165) is 6.61 Å². The van der Waals surface area contributed by atoms with Gasteiger partial charge in [0.25, 0.3) is 0 Å². The highest BCUT2D eigenvalue weighted by molar-refractivity contribution is 4.65. The largest absolute Gasteiger partial charge is 0.378 e. The van der Waals surface area contributed by atoms with E-state index >= 15 is 0 Å². The summed E-state index contributed by atoms with van der Waals surface area (Å²) in [6.45, 7) is 3.27. The SMILES string of the molecule is CCCCCCCC1CCO1. The van der Waals surface area contributed by atoms with Gasteiger partial charge in [-0.2, -0.15) is 0 Å². The second-order valence-electron chi connectivity index (χ2n) is 3.48. The minimum Gasteiger partial charge on any atom is -0.378 e. The highest BCUT2D eigenvalue weighted by Gasteiger charge is 2.16. The van der Waals surface area contributed by atoms with Crippen molar-refractivity contribution in [3.63, 3.8) is 0 Å². The Hall–Kier alpha value is -0.0400. The summed E-state index contributed by atoms with van der Waals surface area (Å²) < 4.78 is 5.34. The molecule has 0 amide bonds. The molecule has 1 aliphatic rings. The summed E-state index contributed by atoms with van der Waals surface area (Å²) in [5.41, 5.74) is 0. The summed E-state index contributed by atoms with van der Waals surface area (Å²) in [6, 6.07) is 0. The van der Waals surface area contributed by atoms with Crippen molar-refractivity contribution in [3.8, 4) is 0 Å². The zero-order valence-electron chi connectivity index (χ0n) is 7.64. The molecule has 0 radical (unpaired) electrons. The van der Waals surface area contributed by atoms with E-state index in [9.17, 15) is 0 Å². The van der Waals surface area contributed by atoms with Crippen LogP contribution >= 0.6 is 0 Å². The molecule has 0 aliphatic carbocycles. The molecule has 0 spiro atoms. The minimum atomic E-state index is 0.636. The molecule has 0 aromatic rings. The second kappa shape index (κ2) is 5.59. The van der Waals surface area contributed by atoms with Crippen molar-refractivity contribution in [1.82, 2.24) is 0 Å². The smallest absolute Gasteiger partial charge is 0.0597 e. The van der Waals surface area contributed by atoms with Crippen LogP contribution in [-0.4, -0.2) is 12.7 Å². The molecule has 0 aromatic carbocycles. The third kappa shape index (κ3) is 3.76. The van der Waals surface area contributed by atoms with Crippen molar-refractivity contribution in [2.24, 2.45) is 0 Å². The maximum absolute atomic E-state index is 5.34. The molecular weight excluding hydrogens is 136 g/mol. The van der Waals surface area contributed by atoms with Crippen LogP contribution in [-0.2, 0) is 4.74 Å². The first-order valence-electron chi connectivity index (χ1n) is 5.05. The van der Waals surface area contributed by atoms with Gasteiger partial charge in [0.2, 0.25) is 0 Å². The fourth-order valence-electron chi connectivity index (χ4n) is 1.49. The van der Waals surface area contributed by atoms with E-state index in [2.05, 4.69) is 6.92 Å². The lowest BCUT2D eigenvalue weighted by Crippen LogP contribution is -2.26. The molecule has 1 rings (SSSR count). The van der Waals surface area contributed by atoms with Crippen LogP contribution in [0.5, 0.6) is 0 Å². The number of ether oxygens (including phenoxy) is 1. The van der Waals surface area contributed by atoms with Crippen LogP contribution in [0.25, 0.3) is 0 Å². The van der Waals surface area contributed by atoms with Gasteiger partial charge < -0.3 is 4.74 Å². The fourth-order valence-corrected chi connectivity index (χ4v) is 1.49. The monoisotopic (exact) mass is 156 g/mol. The third-order valence-electron chi connectivity index (χ3n) is 2.42. The lowest BCUT2D eigenvalue weighted by atomic mass is 10.0. The molecule has 0 N–H and O–H groups in total. The molecule has 1 heterocycles. The quantitative estimate of drug-likeness (QED) is 0.537. The molecule has 0 bridgehead atoms. The number of hydrogen-bond acceptors (Lipinski definition) is 1. The molecule has 1 heteroatoms. The van der Waals surface area contributed by atoms with Crippen LogP contribution in [0.4, 0.5) is 0 Å². The molecule has 0 aromatic heterocycles. The van der Waals surface area contributed by atoms with Crippen LogP contribution in [0.15, 0.2) is 0 Å². The molecular formula is C10H20O. The summed E-state index contributed by atoms with van der Waals surface area (Å²) in [5.74, 6) is 0. The van der Waals surface area contributed by atoms with Crippen LogP contribution in [0.1, 0.15) is 51.9 Å². The Labute approximate surface area is 70.1 Å². The van der Waals surface area contributed by atoms with Crippen molar-refractivity contribution >= 4 is 0 Å². The van der Waals surface area contributed by atoms with Crippen LogP contribution in [0, 0.1) is 0 Å². The first-order chi connectivity index (χ1) is 5.43. The molecule has 1 fully saturated rings. The van der Waals surface area contributed by atoms with Gasteiger partial charge in [-0.05, 0) is 12.8 Å². The van der Waals surface area contributed by atoms with Gasteiger partial charge in [0, 0.05) is 6.61 Å². The maximum atomic E-state index is 5.34. The summed E-state index contributed by atoms with van der Waals surface area (Å²) >= 11 is 0. The molecule has 1 saturated heterocycles. The van der Waals surface area contributed by atoms with Gasteiger partial charge in [-0.15, -0.1) is 0 Å². The topological polar surface area (TPSA) is 9.23 Å². The summed E-state index contributed by atoms with van der Waals surface area (Å²) in [4.78, 5) is 0. The van der Waals surface area contributed by atoms with E-state index in [1.807, 2.05) is 0 Å². The Kier molecular flexibility index (Phi) is 4.60. The second-order valence-corrected chi connectivity index (χ2v) is 3.48. The van der Waals surface area contributed by atoms with Crippen molar-refractivity contribution < 1.29 is 4.74 Å². The van der Waals surface area contributed by atoms with Crippen LogP contribution < -0.4 is 0 Å². The van der Waals surface area contributed by atoms with Gasteiger partial charge in [0.1, 0.15) is 0 Å². The summed E-state index contributed by atoms with van der Waals surface area (Å²) in [5, 5.41) is 0. The van der Waals surface area contributed by atoms with Gasteiger partial charge in [-0.3, -0.25) is 0 Å². The number of unbranched alkanes of at least 4 members (excludes halogenated alkanes) is 4. The van der Waals surface area contributed by atoms with Crippen molar-refractivity contribution in [2.75, 3.05) is 6.61 Å². The highest BCUT2D eigenvalue weighted by atomic mass is 16.5. The van der Waals surface area contributed by atoms with E-state index in [-0.39, 0.29) is 0 Å². The van der Waals surface area contributed by atoms with Gasteiger partial charge >= 0.3 is 0 Å². The Morgan fingerprint density at radius 3 is 2.45 bits per heavy atom. The van der Waals surface area contributed by atoms with E-state index < -0.39 is 0 Å². The Balaban J connectivity index is 1.73. The predicted octanol–water partition coefficient (Wildman–Crippen LogP) is 3.14. The summed E-state index contributed by atoms with van der Waals surface area (Å²) in [6.07, 6.45) is 10.2. The van der Waals surface area contributed by atoms with Gasteiger partial charge in [-0.25, -0.2) is 0 Å². The Morgan fingerprint density at radius 2 is 1.91 bits per heavy atom. The predicted molar refractivity (Wildman–Crippen MR) is 47.7 cm³/mol. The summed E-state index contributed by atoms with van der Waals surface area (Å²) in [7, 11) is 0. The number of rotatable bonds is 6. The van der Waals surface area contributed by atoms with E-state index in [4.69, 9.17) is 4.74 Å². The van der Waals surface area contributed by atoms with Gasteiger partial charge in [-0.1, -0.05) is 39.0 Å². The normalized spacial score (nSPS) is 23.2. The van der Waals surface area contributed by atoms with Gasteiger partial charge in [0.05, 0.1) is 6.10 Å². The van der Waals surface area contributed by atoms with Crippen molar-refractivity contribution in [3.05, 3.63) is 0 Å². The van der Waals surface area contributed by atoms with Crippen LogP contribution in [0.3, 0.4) is 0 Å². The van der Waals surface area contributed by atoms with E-state index in [0.29, 0.717) is 6.10 Å². The zero-order chi connectivity index (χ0) is 7.94. The fraction of sp³-hybridized carbons (Fsp3) is 1.00. The molecule has 1 aliphatic heterocycles. The highest BCUT2D eigenvalue weighted by Crippen LogP contribution is 2.18. The standard InChI is InChI=1S/C10H20O/c1-2-3-4-5-6-7-10-8-9-11-10/h10H,2-9H2,1H3. The van der Waals surface area contributed by atoms with Gasteiger partial charge in [0.15, 0.2) is 0 Å². The Bertz CT molecular complexity index is 86.9. The molecule has 0 saturated carbocycles. The first-order valence-corrected chi connectivity index (χ1v) is 5.05. The van der Waals surface area contributed by atoms with E-state index in [1.165, 1.54) is 44.9 Å². The lowest BCUT2D eigenvalue weighted by molar-refractivity contribution is -0.0555. The average molecular weight is 156 g/mol. The molecule has 1 unspecified atom stereocenters. The number of hydrogen-bond donors (Lipinski definition) is 0. The van der Waals surface area contributed by atoms with Crippen molar-refractivity contribution in [2.45, 2.75) is 58.0 Å².